The van der Waals surface area contributed by atoms with E-state index in [1.165, 1.54) is 0 Å². The third-order valence-electron chi connectivity index (χ3n) is 3.18. The van der Waals surface area contributed by atoms with Crippen molar-refractivity contribution < 1.29 is 14.6 Å². The third kappa shape index (κ3) is 7.01. The molecule has 0 spiro atoms. The quantitative estimate of drug-likeness (QED) is 0.655. The molecule has 0 radical (unpaired) electrons. The zero-order valence-electron chi connectivity index (χ0n) is 13.0. The van der Waals surface area contributed by atoms with Gasteiger partial charge in [-0.15, -0.1) is 0 Å². The van der Waals surface area contributed by atoms with Crippen LogP contribution in [-0.4, -0.2) is 31.5 Å². The molecular weight excluding hydrogens is 314 g/mol. The fraction of sp³-hybridized carbons (Fsp3) is 0.333. The summed E-state index contributed by atoms with van der Waals surface area (Å²) in [5.74, 6) is 0.834. The number of aliphatic hydroxyl groups is 1. The molecule has 0 saturated carbocycles. The van der Waals surface area contributed by atoms with Crippen LogP contribution in [0, 0.1) is 0 Å². The average molecular weight is 336 g/mol. The Balaban J connectivity index is 1.75. The van der Waals surface area contributed by atoms with Gasteiger partial charge in [0, 0.05) is 18.1 Å². The molecule has 0 heterocycles. The van der Waals surface area contributed by atoms with E-state index in [-0.39, 0.29) is 6.61 Å². The van der Waals surface area contributed by atoms with E-state index in [2.05, 4.69) is 5.32 Å². The monoisotopic (exact) mass is 335 g/mol. The molecule has 4 nitrogen and oxygen atoms in total. The van der Waals surface area contributed by atoms with Crippen molar-refractivity contribution in [1.29, 1.82) is 0 Å². The number of aliphatic hydroxyl groups excluding tert-OH is 1. The van der Waals surface area contributed by atoms with E-state index in [1.54, 1.807) is 0 Å². The fourth-order valence-corrected chi connectivity index (χ4v) is 2.30. The van der Waals surface area contributed by atoms with Gasteiger partial charge in [-0.25, -0.2) is 0 Å². The molecule has 124 valence electrons. The van der Waals surface area contributed by atoms with Crippen LogP contribution in [0.1, 0.15) is 11.1 Å². The first-order chi connectivity index (χ1) is 11.3. The van der Waals surface area contributed by atoms with Crippen molar-refractivity contribution in [1.82, 2.24) is 5.32 Å². The van der Waals surface area contributed by atoms with Gasteiger partial charge in [0.15, 0.2) is 0 Å². The number of hydrogen-bond acceptors (Lipinski definition) is 4. The summed E-state index contributed by atoms with van der Waals surface area (Å²) in [6.45, 7) is 3.02. The maximum absolute atomic E-state index is 8.61. The molecule has 2 aromatic carbocycles. The van der Waals surface area contributed by atoms with Gasteiger partial charge < -0.3 is 19.9 Å². The van der Waals surface area contributed by atoms with Crippen LogP contribution in [0.4, 0.5) is 0 Å². The van der Waals surface area contributed by atoms with E-state index >= 15 is 0 Å². The standard InChI is InChI=1S/C18H22ClNO3/c19-17-5-1-4-16(11-17)14-23-18-6-2-3-15(12-18)13-20-7-9-22-10-8-21/h1-6,11-12,20-21H,7-10,13-14H2. The Morgan fingerprint density at radius 1 is 1.00 bits per heavy atom. The molecule has 0 aliphatic heterocycles. The van der Waals surface area contributed by atoms with E-state index in [4.69, 9.17) is 26.2 Å². The molecule has 0 saturated heterocycles. The molecule has 0 amide bonds. The minimum absolute atomic E-state index is 0.0615. The van der Waals surface area contributed by atoms with Gasteiger partial charge in [-0.05, 0) is 35.4 Å². The summed E-state index contributed by atoms with van der Waals surface area (Å²) < 4.78 is 11.0. The van der Waals surface area contributed by atoms with Crippen LogP contribution in [0.15, 0.2) is 48.5 Å². The maximum atomic E-state index is 8.61. The lowest BCUT2D eigenvalue weighted by atomic mass is 10.2. The number of nitrogens with one attached hydrogen (secondary N) is 1. The van der Waals surface area contributed by atoms with Crippen molar-refractivity contribution in [3.63, 3.8) is 0 Å². The number of halogens is 1. The lowest BCUT2D eigenvalue weighted by Crippen LogP contribution is -2.20. The molecule has 0 aliphatic rings. The van der Waals surface area contributed by atoms with Crippen molar-refractivity contribution in [2.45, 2.75) is 13.2 Å². The normalized spacial score (nSPS) is 10.7. The van der Waals surface area contributed by atoms with Crippen LogP contribution < -0.4 is 10.1 Å². The molecule has 5 heteroatoms. The highest BCUT2D eigenvalue weighted by Crippen LogP contribution is 2.17. The van der Waals surface area contributed by atoms with Crippen LogP contribution in [-0.2, 0) is 17.9 Å². The molecule has 0 aromatic heterocycles. The predicted octanol–water partition coefficient (Wildman–Crippen LogP) is 3.02. The zero-order valence-corrected chi connectivity index (χ0v) is 13.8. The first-order valence-corrected chi connectivity index (χ1v) is 8.01. The first kappa shape index (κ1) is 17.8. The van der Waals surface area contributed by atoms with Crippen molar-refractivity contribution in [3.05, 3.63) is 64.7 Å². The second kappa shape index (κ2) is 10.2. The van der Waals surface area contributed by atoms with Crippen molar-refractivity contribution in [2.75, 3.05) is 26.4 Å². The van der Waals surface area contributed by atoms with Gasteiger partial charge in [0.2, 0.25) is 0 Å². The highest BCUT2D eigenvalue weighted by atomic mass is 35.5. The van der Waals surface area contributed by atoms with Gasteiger partial charge in [-0.3, -0.25) is 0 Å². The number of hydrogen-bond donors (Lipinski definition) is 2. The van der Waals surface area contributed by atoms with Crippen LogP contribution in [0.25, 0.3) is 0 Å². The molecule has 0 fully saturated rings. The molecular formula is C18H22ClNO3. The second-order valence-corrected chi connectivity index (χ2v) is 5.52. The molecule has 23 heavy (non-hydrogen) atoms. The van der Waals surface area contributed by atoms with Crippen LogP contribution in [0.2, 0.25) is 5.02 Å². The molecule has 0 unspecified atom stereocenters. The minimum atomic E-state index is 0.0615. The molecule has 2 N–H and O–H groups in total. The summed E-state index contributed by atoms with van der Waals surface area (Å²) in [5.41, 5.74) is 2.19. The van der Waals surface area contributed by atoms with Crippen molar-refractivity contribution in [3.8, 4) is 5.75 Å². The summed E-state index contributed by atoms with van der Waals surface area (Å²) in [6, 6.07) is 15.6. The summed E-state index contributed by atoms with van der Waals surface area (Å²) in [5, 5.41) is 12.6. The Morgan fingerprint density at radius 2 is 1.83 bits per heavy atom. The van der Waals surface area contributed by atoms with Crippen LogP contribution >= 0.6 is 11.6 Å². The second-order valence-electron chi connectivity index (χ2n) is 5.08. The Labute approximate surface area is 142 Å². The van der Waals surface area contributed by atoms with Crippen LogP contribution in [0.5, 0.6) is 5.75 Å². The molecule has 2 aromatic rings. The number of rotatable bonds is 10. The Morgan fingerprint density at radius 3 is 2.65 bits per heavy atom. The van der Waals surface area contributed by atoms with E-state index in [1.807, 2.05) is 48.5 Å². The zero-order chi connectivity index (χ0) is 16.3. The Hall–Kier alpha value is -1.59. The van der Waals surface area contributed by atoms with Gasteiger partial charge in [-0.2, -0.15) is 0 Å². The predicted molar refractivity (Wildman–Crippen MR) is 91.8 cm³/mol. The Bertz CT molecular complexity index is 592. The van der Waals surface area contributed by atoms with Gasteiger partial charge in [-0.1, -0.05) is 35.9 Å². The van der Waals surface area contributed by atoms with Gasteiger partial charge in [0.25, 0.3) is 0 Å². The first-order valence-electron chi connectivity index (χ1n) is 7.63. The van der Waals surface area contributed by atoms with E-state index in [0.717, 1.165) is 30.0 Å². The van der Waals surface area contributed by atoms with E-state index in [0.29, 0.717) is 24.8 Å². The fourth-order valence-electron chi connectivity index (χ4n) is 2.08. The minimum Gasteiger partial charge on any atom is -0.489 e. The van der Waals surface area contributed by atoms with E-state index in [9.17, 15) is 0 Å². The van der Waals surface area contributed by atoms with Gasteiger partial charge >= 0.3 is 0 Å². The summed E-state index contributed by atoms with van der Waals surface area (Å²) in [7, 11) is 0. The highest BCUT2D eigenvalue weighted by molar-refractivity contribution is 6.30. The van der Waals surface area contributed by atoms with Crippen LogP contribution in [0.3, 0.4) is 0 Å². The summed E-state index contributed by atoms with van der Waals surface area (Å²) >= 11 is 5.97. The van der Waals surface area contributed by atoms with Crippen molar-refractivity contribution in [2.24, 2.45) is 0 Å². The van der Waals surface area contributed by atoms with Gasteiger partial charge in [0.1, 0.15) is 12.4 Å². The summed E-state index contributed by atoms with van der Waals surface area (Å²) in [6.07, 6.45) is 0. The maximum Gasteiger partial charge on any atom is 0.120 e. The molecule has 0 atom stereocenters. The van der Waals surface area contributed by atoms with Gasteiger partial charge in [0.05, 0.1) is 19.8 Å². The molecule has 0 aliphatic carbocycles. The lowest BCUT2D eigenvalue weighted by molar-refractivity contribution is 0.0938. The highest BCUT2D eigenvalue weighted by Gasteiger charge is 1.99. The topological polar surface area (TPSA) is 50.7 Å². The Kier molecular flexibility index (Phi) is 7.90. The average Bonchev–Trinajstić information content (AvgIpc) is 2.57. The molecule has 0 bridgehead atoms. The molecule has 2 rings (SSSR count). The SMILES string of the molecule is OCCOCCNCc1cccc(OCc2cccc(Cl)c2)c1. The summed E-state index contributed by atoms with van der Waals surface area (Å²) in [4.78, 5) is 0. The largest absolute Gasteiger partial charge is 0.489 e. The number of ether oxygens (including phenoxy) is 2. The van der Waals surface area contributed by atoms with E-state index < -0.39 is 0 Å². The lowest BCUT2D eigenvalue weighted by Gasteiger charge is -2.09. The van der Waals surface area contributed by atoms with Crippen molar-refractivity contribution >= 4 is 11.6 Å². The third-order valence-corrected chi connectivity index (χ3v) is 3.42. The number of benzene rings is 2. The smallest absolute Gasteiger partial charge is 0.120 e.